The lowest BCUT2D eigenvalue weighted by Gasteiger charge is -2.06. The zero-order valence-corrected chi connectivity index (χ0v) is 14.4. The van der Waals surface area contributed by atoms with E-state index in [9.17, 15) is 13.2 Å². The van der Waals surface area contributed by atoms with E-state index in [1.54, 1.807) is 6.07 Å². The maximum Gasteiger partial charge on any atom is 0.257 e. The lowest BCUT2D eigenvalue weighted by molar-refractivity contribution is 0.102. The maximum absolute atomic E-state index is 12.3. The summed E-state index contributed by atoms with van der Waals surface area (Å²) in [6.45, 7) is 3.58. The predicted molar refractivity (Wildman–Crippen MR) is 91.7 cm³/mol. The molecule has 1 amide bonds. The number of carbonyl (C=O) groups excluding carboxylic acids is 1. The van der Waals surface area contributed by atoms with Crippen LogP contribution in [0.4, 0.5) is 5.13 Å². The summed E-state index contributed by atoms with van der Waals surface area (Å²) in [7, 11) is -3.68. The fraction of sp³-hybridized carbons (Fsp3) is 0.267. The number of benzene rings is 1. The molecule has 0 spiro atoms. The van der Waals surface area contributed by atoms with Gasteiger partial charge in [-0.2, -0.15) is 0 Å². The Hall–Kier alpha value is -2.10. The van der Waals surface area contributed by atoms with Crippen LogP contribution in [-0.4, -0.2) is 31.1 Å². The molecular formula is C15H16N4O3S2. The zero-order chi connectivity index (χ0) is 17.2. The van der Waals surface area contributed by atoms with Gasteiger partial charge in [0.2, 0.25) is 15.2 Å². The van der Waals surface area contributed by atoms with Crippen LogP contribution in [0, 0.1) is 0 Å². The normalized spacial score (nSPS) is 14.3. The molecule has 0 aliphatic heterocycles. The van der Waals surface area contributed by atoms with Gasteiger partial charge in [-0.05, 0) is 31.0 Å². The van der Waals surface area contributed by atoms with Crippen LogP contribution in [-0.2, 0) is 10.0 Å². The second kappa shape index (κ2) is 6.80. The fourth-order valence-corrected chi connectivity index (χ4v) is 3.96. The van der Waals surface area contributed by atoms with E-state index in [-0.39, 0.29) is 17.0 Å². The quantitative estimate of drug-likeness (QED) is 0.733. The first-order valence-corrected chi connectivity index (χ1v) is 9.65. The van der Waals surface area contributed by atoms with E-state index in [0.29, 0.717) is 11.0 Å². The number of carbonyl (C=O) groups is 1. The Balaban J connectivity index is 1.74. The number of amides is 1. The van der Waals surface area contributed by atoms with Gasteiger partial charge in [0.15, 0.2) is 0 Å². The summed E-state index contributed by atoms with van der Waals surface area (Å²) in [6, 6.07) is 5.82. The molecule has 24 heavy (non-hydrogen) atoms. The predicted octanol–water partition coefficient (Wildman–Crippen LogP) is 2.13. The minimum atomic E-state index is -3.68. The second-order valence-electron chi connectivity index (χ2n) is 5.34. The summed E-state index contributed by atoms with van der Waals surface area (Å²) in [4.78, 5) is 12.3. The van der Waals surface area contributed by atoms with Crippen LogP contribution in [0.1, 0.15) is 34.1 Å². The number of nitrogens with zero attached hydrogens (tertiary/aromatic N) is 2. The zero-order valence-electron chi connectivity index (χ0n) is 12.7. The molecular weight excluding hydrogens is 348 g/mol. The van der Waals surface area contributed by atoms with Crippen molar-refractivity contribution in [3.63, 3.8) is 0 Å². The van der Waals surface area contributed by atoms with Gasteiger partial charge in [-0.3, -0.25) is 10.1 Å². The van der Waals surface area contributed by atoms with Crippen molar-refractivity contribution in [1.29, 1.82) is 0 Å². The summed E-state index contributed by atoms with van der Waals surface area (Å²) in [6.07, 6.45) is 3.67. The highest BCUT2D eigenvalue weighted by Gasteiger charge is 2.27. The van der Waals surface area contributed by atoms with E-state index < -0.39 is 15.9 Å². The van der Waals surface area contributed by atoms with E-state index in [1.165, 1.54) is 35.6 Å². The van der Waals surface area contributed by atoms with Gasteiger partial charge in [0.25, 0.3) is 5.91 Å². The smallest absolute Gasteiger partial charge is 0.257 e. The Morgan fingerprint density at radius 3 is 2.88 bits per heavy atom. The van der Waals surface area contributed by atoms with Gasteiger partial charge in [-0.25, -0.2) is 13.1 Å². The van der Waals surface area contributed by atoms with Crippen LogP contribution in [0.5, 0.6) is 0 Å². The van der Waals surface area contributed by atoms with Gasteiger partial charge in [0, 0.05) is 18.0 Å². The Bertz CT molecular complexity index is 872. The monoisotopic (exact) mass is 364 g/mol. The molecule has 1 fully saturated rings. The third-order valence-corrected chi connectivity index (χ3v) is 5.83. The second-order valence-corrected chi connectivity index (χ2v) is 8.12. The van der Waals surface area contributed by atoms with E-state index in [0.717, 1.165) is 17.8 Å². The van der Waals surface area contributed by atoms with Gasteiger partial charge >= 0.3 is 0 Å². The van der Waals surface area contributed by atoms with Crippen LogP contribution in [0.25, 0.3) is 0 Å². The highest BCUT2D eigenvalue weighted by atomic mass is 32.2. The Kier molecular flexibility index (Phi) is 4.74. The molecule has 3 rings (SSSR count). The Labute approximate surface area is 143 Å². The first kappa shape index (κ1) is 16.7. The molecule has 1 saturated carbocycles. The fourth-order valence-electron chi connectivity index (χ4n) is 2.01. The summed E-state index contributed by atoms with van der Waals surface area (Å²) in [5.74, 6) is 0.0480. The molecule has 0 saturated heterocycles. The Morgan fingerprint density at radius 2 is 2.17 bits per heavy atom. The number of hydrogen-bond donors (Lipinski definition) is 2. The van der Waals surface area contributed by atoms with Gasteiger partial charge in [0.1, 0.15) is 5.01 Å². The number of rotatable bonds is 7. The molecule has 2 aromatic rings. The van der Waals surface area contributed by atoms with Crippen LogP contribution in [0.15, 0.2) is 41.8 Å². The molecule has 2 N–H and O–H groups in total. The van der Waals surface area contributed by atoms with Crippen molar-refractivity contribution >= 4 is 32.4 Å². The van der Waals surface area contributed by atoms with Crippen molar-refractivity contribution in [2.24, 2.45) is 0 Å². The molecule has 1 heterocycles. The molecule has 7 nitrogen and oxygen atoms in total. The summed E-state index contributed by atoms with van der Waals surface area (Å²) in [5, 5.41) is 12.0. The maximum atomic E-state index is 12.3. The SMILES string of the molecule is C=CCNS(=O)(=O)c1cccc(C(=O)Nc2nnc(C3CC3)s2)c1. The average molecular weight is 364 g/mol. The number of nitrogens with one attached hydrogen (secondary N) is 2. The van der Waals surface area contributed by atoms with Crippen LogP contribution in [0.2, 0.25) is 0 Å². The first-order chi connectivity index (χ1) is 11.5. The summed E-state index contributed by atoms with van der Waals surface area (Å²) in [5.41, 5.74) is 0.236. The standard InChI is InChI=1S/C15H16N4O3S2/c1-2-8-16-24(21,22)12-5-3-4-11(9-12)13(20)17-15-19-18-14(23-15)10-6-7-10/h2-5,9-10,16H,1,6-8H2,(H,17,19,20). The van der Waals surface area contributed by atoms with Gasteiger partial charge in [0.05, 0.1) is 4.90 Å². The van der Waals surface area contributed by atoms with Crippen molar-refractivity contribution in [3.05, 3.63) is 47.5 Å². The first-order valence-electron chi connectivity index (χ1n) is 7.35. The molecule has 1 aromatic heterocycles. The molecule has 0 radical (unpaired) electrons. The molecule has 0 unspecified atom stereocenters. The van der Waals surface area contributed by atoms with E-state index in [1.807, 2.05) is 0 Å². The minimum Gasteiger partial charge on any atom is -0.296 e. The average Bonchev–Trinajstić information content (AvgIpc) is 3.33. The third-order valence-electron chi connectivity index (χ3n) is 3.41. The van der Waals surface area contributed by atoms with Crippen molar-refractivity contribution < 1.29 is 13.2 Å². The van der Waals surface area contributed by atoms with Gasteiger partial charge in [-0.1, -0.05) is 23.5 Å². The largest absolute Gasteiger partial charge is 0.296 e. The molecule has 126 valence electrons. The van der Waals surface area contributed by atoms with Crippen molar-refractivity contribution in [3.8, 4) is 0 Å². The van der Waals surface area contributed by atoms with Crippen LogP contribution < -0.4 is 10.0 Å². The number of sulfonamides is 1. The number of hydrogen-bond acceptors (Lipinski definition) is 6. The highest BCUT2D eigenvalue weighted by molar-refractivity contribution is 7.89. The number of aromatic nitrogens is 2. The number of anilines is 1. The third kappa shape index (κ3) is 3.86. The Morgan fingerprint density at radius 1 is 1.38 bits per heavy atom. The van der Waals surface area contributed by atoms with Crippen molar-refractivity contribution in [2.45, 2.75) is 23.7 Å². The van der Waals surface area contributed by atoms with E-state index >= 15 is 0 Å². The lowest BCUT2D eigenvalue weighted by atomic mass is 10.2. The van der Waals surface area contributed by atoms with Gasteiger partial charge < -0.3 is 0 Å². The molecule has 1 aromatic carbocycles. The van der Waals surface area contributed by atoms with E-state index in [4.69, 9.17) is 0 Å². The molecule has 1 aliphatic rings. The lowest BCUT2D eigenvalue weighted by Crippen LogP contribution is -2.24. The van der Waals surface area contributed by atoms with Crippen molar-refractivity contribution in [2.75, 3.05) is 11.9 Å². The summed E-state index contributed by atoms with van der Waals surface area (Å²) >= 11 is 1.35. The highest BCUT2D eigenvalue weighted by Crippen LogP contribution is 2.42. The van der Waals surface area contributed by atoms with Crippen molar-refractivity contribution in [1.82, 2.24) is 14.9 Å². The van der Waals surface area contributed by atoms with Crippen LogP contribution in [0.3, 0.4) is 0 Å². The van der Waals surface area contributed by atoms with Gasteiger partial charge in [-0.15, -0.1) is 16.8 Å². The van der Waals surface area contributed by atoms with Crippen LogP contribution >= 0.6 is 11.3 Å². The molecule has 0 bridgehead atoms. The van der Waals surface area contributed by atoms with E-state index in [2.05, 4.69) is 26.8 Å². The molecule has 1 aliphatic carbocycles. The minimum absolute atomic E-state index is 0.0212. The topological polar surface area (TPSA) is 101 Å². The summed E-state index contributed by atoms with van der Waals surface area (Å²) < 4.78 is 26.6. The molecule has 0 atom stereocenters. The molecule has 9 heteroatoms.